The van der Waals surface area contributed by atoms with Crippen LogP contribution in [0.3, 0.4) is 0 Å². The van der Waals surface area contributed by atoms with Crippen molar-refractivity contribution in [3.8, 4) is 11.5 Å². The molecule has 2 aromatic rings. The third-order valence-corrected chi connectivity index (χ3v) is 4.20. The van der Waals surface area contributed by atoms with E-state index in [1.165, 1.54) is 37.4 Å². The fourth-order valence-corrected chi connectivity index (χ4v) is 3.01. The molecule has 0 unspecified atom stereocenters. The van der Waals surface area contributed by atoms with Crippen LogP contribution in [0.15, 0.2) is 47.4 Å². The minimum absolute atomic E-state index is 0.0624. The summed E-state index contributed by atoms with van der Waals surface area (Å²) in [5, 5.41) is 9.98. The number of benzene rings is 2. The fourth-order valence-electron chi connectivity index (χ4n) is 1.62. The van der Waals surface area contributed by atoms with E-state index in [4.69, 9.17) is 16.3 Å². The molecule has 0 aliphatic heterocycles. The van der Waals surface area contributed by atoms with Crippen LogP contribution in [0, 0.1) is 0 Å². The molecule has 0 bridgehead atoms. The molecule has 0 saturated heterocycles. The maximum absolute atomic E-state index is 12.3. The molecule has 0 saturated carbocycles. The fraction of sp³-hybridized carbons (Fsp3) is 0.0769. The number of aromatic hydroxyl groups is 1. The van der Waals surface area contributed by atoms with Gasteiger partial charge in [0, 0.05) is 11.1 Å². The van der Waals surface area contributed by atoms with Crippen LogP contribution in [-0.2, 0) is 10.0 Å². The Morgan fingerprint density at radius 2 is 1.90 bits per heavy atom. The molecule has 0 fully saturated rings. The summed E-state index contributed by atoms with van der Waals surface area (Å²) in [6.45, 7) is 0. The number of anilines is 1. The van der Waals surface area contributed by atoms with Crippen molar-refractivity contribution >= 4 is 27.3 Å². The minimum Gasteiger partial charge on any atom is -0.506 e. The summed E-state index contributed by atoms with van der Waals surface area (Å²) >= 11 is 5.80. The maximum atomic E-state index is 12.3. The van der Waals surface area contributed by atoms with Gasteiger partial charge in [-0.3, -0.25) is 4.72 Å². The van der Waals surface area contributed by atoms with Gasteiger partial charge in [-0.2, -0.15) is 0 Å². The average molecular weight is 314 g/mol. The summed E-state index contributed by atoms with van der Waals surface area (Å²) in [7, 11) is -2.54. The minimum atomic E-state index is -3.89. The lowest BCUT2D eigenvalue weighted by Crippen LogP contribution is -2.14. The molecule has 2 rings (SSSR count). The molecule has 0 aliphatic rings. The second-order valence-electron chi connectivity index (χ2n) is 3.92. The number of hydrogen-bond donors (Lipinski definition) is 2. The standard InChI is InChI=1S/C13H12ClNO4S/c1-19-12-8-9(14)6-7-13(12)20(17,18)15-10-4-2-3-5-11(10)16/h2-8,15-16H,1H3. The SMILES string of the molecule is COc1cc(Cl)ccc1S(=O)(=O)Nc1ccccc1O. The van der Waals surface area contributed by atoms with Crippen LogP contribution in [0.2, 0.25) is 5.02 Å². The second kappa shape index (κ2) is 5.60. The first-order valence-electron chi connectivity index (χ1n) is 5.58. The zero-order valence-corrected chi connectivity index (χ0v) is 12.1. The summed E-state index contributed by atoms with van der Waals surface area (Å²) in [5.74, 6) is -0.0376. The third kappa shape index (κ3) is 2.97. The van der Waals surface area contributed by atoms with Crippen LogP contribution in [0.5, 0.6) is 11.5 Å². The Bertz CT molecular complexity index is 731. The molecule has 2 aromatic carbocycles. The molecule has 7 heteroatoms. The number of phenolic OH excluding ortho intramolecular Hbond substituents is 1. The van der Waals surface area contributed by atoms with Crippen LogP contribution in [0.4, 0.5) is 5.69 Å². The summed E-state index contributed by atoms with van der Waals surface area (Å²) in [5.41, 5.74) is 0.0875. The van der Waals surface area contributed by atoms with Gasteiger partial charge in [-0.1, -0.05) is 23.7 Å². The highest BCUT2D eigenvalue weighted by atomic mass is 35.5. The number of rotatable bonds is 4. The Kier molecular flexibility index (Phi) is 4.06. The average Bonchev–Trinajstić information content (AvgIpc) is 2.40. The third-order valence-electron chi connectivity index (χ3n) is 2.56. The van der Waals surface area contributed by atoms with Gasteiger partial charge in [0.15, 0.2) is 0 Å². The van der Waals surface area contributed by atoms with Crippen molar-refractivity contribution in [2.45, 2.75) is 4.90 Å². The molecule has 5 nitrogen and oxygen atoms in total. The first kappa shape index (κ1) is 14.5. The highest BCUT2D eigenvalue weighted by molar-refractivity contribution is 7.92. The molecule has 0 amide bonds. The normalized spacial score (nSPS) is 11.1. The van der Waals surface area contributed by atoms with Gasteiger partial charge in [-0.05, 0) is 24.3 Å². The zero-order chi connectivity index (χ0) is 14.8. The van der Waals surface area contributed by atoms with Crippen LogP contribution in [0.25, 0.3) is 0 Å². The molecule has 2 N–H and O–H groups in total. The molecule has 106 valence electrons. The smallest absolute Gasteiger partial charge is 0.265 e. The number of halogens is 1. The molecular formula is C13H12ClNO4S. The number of ether oxygens (including phenoxy) is 1. The molecule has 0 spiro atoms. The van der Waals surface area contributed by atoms with E-state index in [0.29, 0.717) is 5.02 Å². The van der Waals surface area contributed by atoms with E-state index in [-0.39, 0.29) is 22.1 Å². The van der Waals surface area contributed by atoms with Crippen LogP contribution >= 0.6 is 11.6 Å². The number of hydrogen-bond acceptors (Lipinski definition) is 4. The molecule has 0 aliphatic carbocycles. The van der Waals surface area contributed by atoms with Crippen molar-refractivity contribution in [3.63, 3.8) is 0 Å². The van der Waals surface area contributed by atoms with Crippen LogP contribution in [0.1, 0.15) is 0 Å². The zero-order valence-electron chi connectivity index (χ0n) is 10.5. The van der Waals surface area contributed by atoms with Crippen molar-refractivity contribution in [2.75, 3.05) is 11.8 Å². The number of phenols is 1. The maximum Gasteiger partial charge on any atom is 0.265 e. The van der Waals surface area contributed by atoms with Gasteiger partial charge < -0.3 is 9.84 Å². The number of nitrogens with one attached hydrogen (secondary N) is 1. The molecule has 0 atom stereocenters. The lowest BCUT2D eigenvalue weighted by atomic mass is 10.3. The summed E-state index contributed by atoms with van der Waals surface area (Å²) in [4.78, 5) is -0.0624. The Morgan fingerprint density at radius 3 is 2.55 bits per heavy atom. The molecule has 0 heterocycles. The van der Waals surface area contributed by atoms with Crippen molar-refractivity contribution < 1.29 is 18.3 Å². The highest BCUT2D eigenvalue weighted by Gasteiger charge is 2.20. The van der Waals surface area contributed by atoms with Gasteiger partial charge in [-0.25, -0.2) is 8.42 Å². The van der Waals surface area contributed by atoms with E-state index in [9.17, 15) is 13.5 Å². The first-order chi connectivity index (χ1) is 9.44. The largest absolute Gasteiger partial charge is 0.506 e. The molecule has 20 heavy (non-hydrogen) atoms. The van der Waals surface area contributed by atoms with E-state index in [0.717, 1.165) is 0 Å². The van der Waals surface area contributed by atoms with E-state index in [2.05, 4.69) is 4.72 Å². The van der Waals surface area contributed by atoms with Crippen molar-refractivity contribution in [3.05, 3.63) is 47.5 Å². The topological polar surface area (TPSA) is 75.6 Å². The Labute approximate surface area is 121 Å². The van der Waals surface area contributed by atoms with Crippen molar-refractivity contribution in [1.29, 1.82) is 0 Å². The molecule has 0 aromatic heterocycles. The van der Waals surface area contributed by atoms with Gasteiger partial charge in [0.1, 0.15) is 16.4 Å². The number of sulfonamides is 1. The van der Waals surface area contributed by atoms with Crippen molar-refractivity contribution in [2.24, 2.45) is 0 Å². The lowest BCUT2D eigenvalue weighted by molar-refractivity contribution is 0.403. The lowest BCUT2D eigenvalue weighted by Gasteiger charge is -2.12. The van der Waals surface area contributed by atoms with E-state index >= 15 is 0 Å². The Hall–Kier alpha value is -1.92. The number of methoxy groups -OCH3 is 1. The first-order valence-corrected chi connectivity index (χ1v) is 7.44. The molecular weight excluding hydrogens is 302 g/mol. The second-order valence-corrected chi connectivity index (χ2v) is 6.01. The summed E-state index contributed by atoms with van der Waals surface area (Å²) in [6.07, 6.45) is 0. The summed E-state index contributed by atoms with van der Waals surface area (Å²) in [6, 6.07) is 10.2. The van der Waals surface area contributed by atoms with Crippen LogP contribution < -0.4 is 9.46 Å². The highest BCUT2D eigenvalue weighted by Crippen LogP contribution is 2.30. The van der Waals surface area contributed by atoms with Gasteiger partial charge in [0.05, 0.1) is 12.8 Å². The molecule has 0 radical (unpaired) electrons. The number of para-hydroxylation sites is 2. The van der Waals surface area contributed by atoms with Crippen LogP contribution in [-0.4, -0.2) is 20.6 Å². The van der Waals surface area contributed by atoms with Crippen molar-refractivity contribution in [1.82, 2.24) is 0 Å². The summed E-state index contributed by atoms with van der Waals surface area (Å²) < 4.78 is 31.9. The van der Waals surface area contributed by atoms with Gasteiger partial charge >= 0.3 is 0 Å². The Balaban J connectivity index is 2.44. The van der Waals surface area contributed by atoms with Gasteiger partial charge in [0.2, 0.25) is 0 Å². The quantitative estimate of drug-likeness (QED) is 0.851. The van der Waals surface area contributed by atoms with Gasteiger partial charge in [-0.15, -0.1) is 0 Å². The predicted octanol–water partition coefficient (Wildman–Crippen LogP) is 2.86. The predicted molar refractivity (Wildman–Crippen MR) is 76.9 cm³/mol. The monoisotopic (exact) mass is 313 g/mol. The van der Waals surface area contributed by atoms with E-state index in [1.807, 2.05) is 0 Å². The van der Waals surface area contributed by atoms with E-state index in [1.54, 1.807) is 12.1 Å². The Morgan fingerprint density at radius 1 is 1.20 bits per heavy atom. The van der Waals surface area contributed by atoms with E-state index < -0.39 is 10.0 Å². The van der Waals surface area contributed by atoms with Gasteiger partial charge in [0.25, 0.3) is 10.0 Å².